The van der Waals surface area contributed by atoms with Gasteiger partial charge in [-0.1, -0.05) is 12.1 Å². The summed E-state index contributed by atoms with van der Waals surface area (Å²) in [6.07, 6.45) is 4.03. The third-order valence-electron chi connectivity index (χ3n) is 5.93. The molecule has 0 unspecified atom stereocenters. The number of hydrogen-bond acceptors (Lipinski definition) is 5. The van der Waals surface area contributed by atoms with E-state index in [-0.39, 0.29) is 17.8 Å². The van der Waals surface area contributed by atoms with Crippen LogP contribution in [-0.2, 0) is 6.42 Å². The largest absolute Gasteiger partial charge is 0.355 e. The third kappa shape index (κ3) is 3.49. The van der Waals surface area contributed by atoms with Crippen LogP contribution in [0.4, 0.5) is 11.5 Å². The molecule has 2 aliphatic heterocycles. The first-order valence-corrected chi connectivity index (χ1v) is 10.2. The second kappa shape index (κ2) is 7.51. The van der Waals surface area contributed by atoms with Gasteiger partial charge in [-0.25, -0.2) is 9.97 Å². The summed E-state index contributed by atoms with van der Waals surface area (Å²) in [4.78, 5) is 26.8. The van der Waals surface area contributed by atoms with Crippen LogP contribution < -0.4 is 15.5 Å². The maximum Gasteiger partial charge on any atom is 0.296 e. The lowest BCUT2D eigenvalue weighted by Crippen LogP contribution is -2.34. The maximum absolute atomic E-state index is 13.5. The molecule has 6 heteroatoms. The van der Waals surface area contributed by atoms with Gasteiger partial charge in [0, 0.05) is 42.6 Å². The number of benzene rings is 1. The molecule has 2 N–H and O–H groups in total. The van der Waals surface area contributed by atoms with Crippen molar-refractivity contribution in [2.75, 3.05) is 29.4 Å². The van der Waals surface area contributed by atoms with Gasteiger partial charge < -0.3 is 15.5 Å². The average molecular weight is 380 g/mol. The number of rotatable bonds is 2. The molecular weight excluding hydrogens is 350 g/mol. The Kier molecular flexibility index (Phi) is 5.06. The summed E-state index contributed by atoms with van der Waals surface area (Å²) in [5, 5.41) is 0. The first kappa shape index (κ1) is 18.9. The topological polar surface area (TPSA) is 75.4 Å². The van der Waals surface area contributed by atoms with Gasteiger partial charge in [0.15, 0.2) is 0 Å². The highest BCUT2D eigenvalue weighted by Crippen LogP contribution is 2.29. The molecule has 1 aromatic carbocycles. The van der Waals surface area contributed by atoms with Crippen LogP contribution in [0.1, 0.15) is 52.3 Å². The number of carbonyl (C=O) groups is 1. The van der Waals surface area contributed by atoms with E-state index in [2.05, 4.69) is 35.0 Å². The molecule has 1 fully saturated rings. The predicted octanol–water partition coefficient (Wildman–Crippen LogP) is 2.92. The highest BCUT2D eigenvalue weighted by Gasteiger charge is 2.28. The molecule has 0 radical (unpaired) electrons. The van der Waals surface area contributed by atoms with E-state index in [1.807, 2.05) is 18.7 Å². The highest BCUT2D eigenvalue weighted by molar-refractivity contribution is 6.04. The van der Waals surface area contributed by atoms with Crippen LogP contribution in [0.3, 0.4) is 0 Å². The van der Waals surface area contributed by atoms with Crippen LogP contribution in [0, 0.1) is 20.8 Å². The molecule has 1 atom stereocenters. The first-order chi connectivity index (χ1) is 13.4. The number of nitrogens with zero attached hydrogens (tertiary/aromatic N) is 4. The van der Waals surface area contributed by atoms with E-state index < -0.39 is 0 Å². The molecule has 0 aliphatic carbocycles. The number of amides is 1. The van der Waals surface area contributed by atoms with Gasteiger partial charge in [-0.2, -0.15) is 0 Å². The van der Waals surface area contributed by atoms with Crippen LogP contribution in [-0.4, -0.2) is 41.6 Å². The lowest BCUT2D eigenvalue weighted by Gasteiger charge is -2.25. The van der Waals surface area contributed by atoms with Crippen LogP contribution in [0.2, 0.25) is 0 Å². The SMILES string of the molecule is Cc1ccc2c(c1)N(C(=O)c1nc(C)c(C)c(N3CC[C@@H](N)C3)n1)CCCC2. The minimum atomic E-state index is -0.110. The second-order valence-corrected chi connectivity index (χ2v) is 8.12. The van der Waals surface area contributed by atoms with E-state index in [0.29, 0.717) is 6.54 Å². The van der Waals surface area contributed by atoms with Crippen molar-refractivity contribution < 1.29 is 4.79 Å². The highest BCUT2D eigenvalue weighted by atomic mass is 16.2. The molecule has 2 aliphatic rings. The number of aryl methyl sites for hydroxylation is 3. The molecule has 1 aromatic heterocycles. The van der Waals surface area contributed by atoms with E-state index in [4.69, 9.17) is 10.7 Å². The van der Waals surface area contributed by atoms with Gasteiger partial charge in [0.1, 0.15) is 5.82 Å². The Morgan fingerprint density at radius 2 is 1.96 bits per heavy atom. The zero-order valence-corrected chi connectivity index (χ0v) is 17.0. The smallest absolute Gasteiger partial charge is 0.296 e. The number of hydrogen-bond donors (Lipinski definition) is 1. The number of fused-ring (bicyclic) bond motifs is 1. The number of aromatic nitrogens is 2. The number of carbonyl (C=O) groups excluding carboxylic acids is 1. The van der Waals surface area contributed by atoms with Gasteiger partial charge in [-0.05, 0) is 63.6 Å². The van der Waals surface area contributed by atoms with E-state index in [0.717, 1.165) is 67.1 Å². The lowest BCUT2D eigenvalue weighted by atomic mass is 10.1. The monoisotopic (exact) mass is 379 g/mol. The van der Waals surface area contributed by atoms with E-state index in [1.54, 1.807) is 0 Å². The van der Waals surface area contributed by atoms with Crippen LogP contribution in [0.15, 0.2) is 18.2 Å². The summed E-state index contributed by atoms with van der Waals surface area (Å²) < 4.78 is 0. The summed E-state index contributed by atoms with van der Waals surface area (Å²) in [6, 6.07) is 6.54. The molecule has 28 heavy (non-hydrogen) atoms. The van der Waals surface area contributed by atoms with Crippen molar-refractivity contribution in [3.8, 4) is 0 Å². The second-order valence-electron chi connectivity index (χ2n) is 8.12. The van der Waals surface area contributed by atoms with Crippen LogP contribution >= 0.6 is 0 Å². The predicted molar refractivity (Wildman–Crippen MR) is 112 cm³/mol. The molecule has 3 heterocycles. The van der Waals surface area contributed by atoms with Crippen LogP contribution in [0.25, 0.3) is 0 Å². The lowest BCUT2D eigenvalue weighted by molar-refractivity contribution is 0.0976. The Labute approximate surface area is 166 Å². The summed E-state index contributed by atoms with van der Waals surface area (Å²) in [6.45, 7) is 8.39. The first-order valence-electron chi connectivity index (χ1n) is 10.2. The fraction of sp³-hybridized carbons (Fsp3) is 0.500. The Morgan fingerprint density at radius 3 is 2.71 bits per heavy atom. The van der Waals surface area contributed by atoms with Crippen molar-refractivity contribution in [2.45, 2.75) is 52.5 Å². The molecule has 2 aromatic rings. The van der Waals surface area contributed by atoms with Gasteiger partial charge in [0.05, 0.1) is 0 Å². The van der Waals surface area contributed by atoms with Crippen LogP contribution in [0.5, 0.6) is 0 Å². The van der Waals surface area contributed by atoms with E-state index in [9.17, 15) is 4.79 Å². The zero-order valence-electron chi connectivity index (χ0n) is 17.0. The molecule has 0 bridgehead atoms. The van der Waals surface area contributed by atoms with Gasteiger partial charge >= 0.3 is 0 Å². The van der Waals surface area contributed by atoms with Gasteiger partial charge in [-0.3, -0.25) is 4.79 Å². The third-order valence-corrected chi connectivity index (χ3v) is 5.93. The summed E-state index contributed by atoms with van der Waals surface area (Å²) in [5.41, 5.74) is 11.4. The van der Waals surface area contributed by atoms with Crippen molar-refractivity contribution in [1.29, 1.82) is 0 Å². The van der Waals surface area contributed by atoms with Crippen molar-refractivity contribution >= 4 is 17.4 Å². The molecule has 1 amide bonds. The number of anilines is 2. The van der Waals surface area contributed by atoms with Crippen molar-refractivity contribution in [3.05, 3.63) is 46.4 Å². The van der Waals surface area contributed by atoms with E-state index in [1.165, 1.54) is 5.56 Å². The summed E-state index contributed by atoms with van der Waals surface area (Å²) in [5.74, 6) is 1.03. The normalized spacial score (nSPS) is 19.5. The molecule has 6 nitrogen and oxygen atoms in total. The molecule has 4 rings (SSSR count). The van der Waals surface area contributed by atoms with Gasteiger partial charge in [-0.15, -0.1) is 0 Å². The van der Waals surface area contributed by atoms with Crippen molar-refractivity contribution in [2.24, 2.45) is 5.73 Å². The van der Waals surface area contributed by atoms with Crippen molar-refractivity contribution in [3.63, 3.8) is 0 Å². The minimum Gasteiger partial charge on any atom is -0.355 e. The Bertz CT molecular complexity index is 910. The molecule has 148 valence electrons. The summed E-state index contributed by atoms with van der Waals surface area (Å²) in [7, 11) is 0. The zero-order chi connectivity index (χ0) is 19.8. The molecular formula is C22H29N5O. The average Bonchev–Trinajstić information content (AvgIpc) is 2.99. The molecule has 0 saturated carbocycles. The van der Waals surface area contributed by atoms with Crippen molar-refractivity contribution in [1.82, 2.24) is 9.97 Å². The quantitative estimate of drug-likeness (QED) is 0.868. The van der Waals surface area contributed by atoms with Gasteiger partial charge in [0.25, 0.3) is 5.91 Å². The number of nitrogens with two attached hydrogens (primary N) is 1. The summed E-state index contributed by atoms with van der Waals surface area (Å²) >= 11 is 0. The van der Waals surface area contributed by atoms with E-state index >= 15 is 0 Å². The minimum absolute atomic E-state index is 0.110. The molecule has 1 saturated heterocycles. The Morgan fingerprint density at radius 1 is 1.14 bits per heavy atom. The standard InChI is InChI=1S/C22H29N5O/c1-14-7-8-17-6-4-5-10-27(19(17)12-14)22(28)20-24-16(3)15(2)21(25-20)26-11-9-18(23)13-26/h7-8,12,18H,4-6,9-11,13,23H2,1-3H3/t18-/m1/s1. The fourth-order valence-electron chi connectivity index (χ4n) is 4.17. The van der Waals surface area contributed by atoms with Gasteiger partial charge in [0.2, 0.25) is 5.82 Å². The Balaban J connectivity index is 1.72. The fourth-order valence-corrected chi connectivity index (χ4v) is 4.17. The maximum atomic E-state index is 13.5. The Hall–Kier alpha value is -2.47. The molecule has 0 spiro atoms.